The predicted molar refractivity (Wildman–Crippen MR) is 76.2 cm³/mol. The average Bonchev–Trinajstić information content (AvgIpc) is 2.38. The molecule has 0 radical (unpaired) electrons. The lowest BCUT2D eigenvalue weighted by atomic mass is 10.1. The molecular weight excluding hydrogens is 286 g/mol. The van der Waals surface area contributed by atoms with Gasteiger partial charge in [0.1, 0.15) is 5.02 Å². The second-order valence-corrected chi connectivity index (χ2v) is 4.50. The molecule has 0 heterocycles. The summed E-state index contributed by atoms with van der Waals surface area (Å²) in [6.07, 6.45) is 0. The summed E-state index contributed by atoms with van der Waals surface area (Å²) in [5, 5.41) is 16.2. The summed E-state index contributed by atoms with van der Waals surface area (Å²) in [6, 6.07) is 2.71. The van der Waals surface area contributed by atoms with Crippen LogP contribution < -0.4 is 10.6 Å². The number of methoxy groups -OCH3 is 1. The quantitative estimate of drug-likeness (QED) is 0.454. The molecule has 2 N–H and O–H groups in total. The highest BCUT2D eigenvalue weighted by molar-refractivity contribution is 6.33. The summed E-state index contributed by atoms with van der Waals surface area (Å²) in [5.41, 5.74) is 0.853. The number of ether oxygens (including phenoxy) is 1. The Morgan fingerprint density at radius 2 is 2.20 bits per heavy atom. The van der Waals surface area contributed by atoms with Gasteiger partial charge >= 0.3 is 0 Å². The van der Waals surface area contributed by atoms with E-state index in [9.17, 15) is 14.9 Å². The van der Waals surface area contributed by atoms with E-state index in [-0.39, 0.29) is 23.2 Å². The number of amides is 1. The van der Waals surface area contributed by atoms with E-state index in [0.717, 1.165) is 0 Å². The topological polar surface area (TPSA) is 93.5 Å². The first-order valence-electron chi connectivity index (χ1n) is 5.89. The maximum absolute atomic E-state index is 11.7. The summed E-state index contributed by atoms with van der Waals surface area (Å²) < 4.78 is 4.84. The van der Waals surface area contributed by atoms with E-state index in [1.54, 1.807) is 14.0 Å². The minimum atomic E-state index is -0.562. The Labute approximate surface area is 121 Å². The fourth-order valence-electron chi connectivity index (χ4n) is 1.51. The molecular formula is C12H16ClN3O4. The maximum atomic E-state index is 11.7. The van der Waals surface area contributed by atoms with Gasteiger partial charge in [0.05, 0.1) is 18.1 Å². The van der Waals surface area contributed by atoms with Gasteiger partial charge in [-0.15, -0.1) is 0 Å². The fourth-order valence-corrected chi connectivity index (χ4v) is 1.74. The van der Waals surface area contributed by atoms with Gasteiger partial charge in [-0.1, -0.05) is 11.6 Å². The van der Waals surface area contributed by atoms with Crippen molar-refractivity contribution in [1.29, 1.82) is 0 Å². The van der Waals surface area contributed by atoms with Gasteiger partial charge in [0.25, 0.3) is 5.69 Å². The van der Waals surface area contributed by atoms with Crippen molar-refractivity contribution in [3.05, 3.63) is 32.8 Å². The smallest absolute Gasteiger partial charge is 0.288 e. The highest BCUT2D eigenvalue weighted by Crippen LogP contribution is 2.30. The van der Waals surface area contributed by atoms with Gasteiger partial charge < -0.3 is 15.4 Å². The largest absolute Gasteiger partial charge is 0.383 e. The molecule has 8 heteroatoms. The molecule has 0 aliphatic carbocycles. The second-order valence-electron chi connectivity index (χ2n) is 4.09. The molecule has 1 aromatic rings. The number of aryl methyl sites for hydroxylation is 1. The number of carbonyl (C=O) groups is 1. The summed E-state index contributed by atoms with van der Waals surface area (Å²) in [6.45, 7) is 2.86. The third kappa shape index (κ3) is 4.76. The minimum Gasteiger partial charge on any atom is -0.383 e. The van der Waals surface area contributed by atoms with Crippen molar-refractivity contribution in [2.75, 3.05) is 32.1 Å². The van der Waals surface area contributed by atoms with Crippen molar-refractivity contribution in [2.45, 2.75) is 6.92 Å². The van der Waals surface area contributed by atoms with Gasteiger partial charge in [-0.05, 0) is 18.6 Å². The van der Waals surface area contributed by atoms with Crippen LogP contribution in [-0.4, -0.2) is 37.6 Å². The molecule has 0 aromatic heterocycles. The monoisotopic (exact) mass is 301 g/mol. The number of nitro groups is 1. The van der Waals surface area contributed by atoms with Crippen molar-refractivity contribution in [1.82, 2.24) is 5.32 Å². The van der Waals surface area contributed by atoms with Crippen molar-refractivity contribution in [2.24, 2.45) is 0 Å². The van der Waals surface area contributed by atoms with E-state index in [2.05, 4.69) is 10.6 Å². The average molecular weight is 302 g/mol. The van der Waals surface area contributed by atoms with Crippen LogP contribution in [0.3, 0.4) is 0 Å². The summed E-state index contributed by atoms with van der Waals surface area (Å²) in [4.78, 5) is 21.8. The lowest BCUT2D eigenvalue weighted by molar-refractivity contribution is -0.384. The van der Waals surface area contributed by atoms with Crippen LogP contribution in [0.4, 0.5) is 11.4 Å². The van der Waals surface area contributed by atoms with Crippen LogP contribution in [0.25, 0.3) is 0 Å². The van der Waals surface area contributed by atoms with Crippen LogP contribution in [0.1, 0.15) is 5.56 Å². The molecule has 0 atom stereocenters. The predicted octanol–water partition coefficient (Wildman–Crippen LogP) is 1.73. The zero-order valence-corrected chi connectivity index (χ0v) is 12.0. The number of nitrogens with one attached hydrogen (secondary N) is 2. The zero-order chi connectivity index (χ0) is 15.1. The summed E-state index contributed by atoms with van der Waals surface area (Å²) >= 11 is 5.80. The number of hydrogen-bond acceptors (Lipinski definition) is 5. The van der Waals surface area contributed by atoms with Gasteiger partial charge in [-0.2, -0.15) is 0 Å². The van der Waals surface area contributed by atoms with Crippen LogP contribution in [0.2, 0.25) is 5.02 Å². The van der Waals surface area contributed by atoms with Gasteiger partial charge in [0.2, 0.25) is 5.91 Å². The van der Waals surface area contributed by atoms with Crippen molar-refractivity contribution in [3.63, 3.8) is 0 Å². The molecule has 0 saturated carbocycles. The number of halogens is 1. The highest BCUT2D eigenvalue weighted by atomic mass is 35.5. The summed E-state index contributed by atoms with van der Waals surface area (Å²) in [5.74, 6) is -0.255. The Morgan fingerprint density at radius 1 is 1.50 bits per heavy atom. The van der Waals surface area contributed by atoms with Crippen LogP contribution in [-0.2, 0) is 9.53 Å². The second kappa shape index (κ2) is 7.78. The first kappa shape index (κ1) is 16.4. The van der Waals surface area contributed by atoms with Gasteiger partial charge in [0, 0.05) is 25.4 Å². The van der Waals surface area contributed by atoms with Gasteiger partial charge in [-0.25, -0.2) is 0 Å². The number of nitro benzene ring substituents is 1. The Hall–Kier alpha value is -1.70. The maximum Gasteiger partial charge on any atom is 0.288 e. The number of carbonyl (C=O) groups excluding carboxylic acids is 1. The zero-order valence-electron chi connectivity index (χ0n) is 11.2. The fraction of sp³-hybridized carbons (Fsp3) is 0.417. The molecule has 1 aromatic carbocycles. The Morgan fingerprint density at radius 3 is 2.80 bits per heavy atom. The Bertz CT molecular complexity index is 508. The van der Waals surface area contributed by atoms with Gasteiger partial charge in [0.15, 0.2) is 0 Å². The number of benzene rings is 1. The molecule has 0 bridgehead atoms. The summed E-state index contributed by atoms with van der Waals surface area (Å²) in [7, 11) is 1.57. The molecule has 0 unspecified atom stereocenters. The number of rotatable bonds is 7. The van der Waals surface area contributed by atoms with Crippen LogP contribution >= 0.6 is 11.6 Å². The SMILES string of the molecule is COCCNCC(=O)Nc1cc(Cl)c([N+](=O)[O-])cc1C. The van der Waals surface area contributed by atoms with E-state index in [4.69, 9.17) is 16.3 Å². The van der Waals surface area contributed by atoms with Crippen LogP contribution in [0, 0.1) is 17.0 Å². The van der Waals surface area contributed by atoms with Crippen molar-refractivity contribution < 1.29 is 14.5 Å². The van der Waals surface area contributed by atoms with Gasteiger partial charge in [-0.3, -0.25) is 14.9 Å². The van der Waals surface area contributed by atoms with E-state index >= 15 is 0 Å². The third-order valence-electron chi connectivity index (χ3n) is 2.53. The normalized spacial score (nSPS) is 10.3. The molecule has 1 rings (SSSR count). The van der Waals surface area contributed by atoms with E-state index in [1.807, 2.05) is 0 Å². The third-order valence-corrected chi connectivity index (χ3v) is 2.84. The first-order valence-corrected chi connectivity index (χ1v) is 6.27. The Kier molecular flexibility index (Phi) is 6.37. The van der Waals surface area contributed by atoms with Crippen LogP contribution in [0.5, 0.6) is 0 Å². The molecule has 0 spiro atoms. The highest BCUT2D eigenvalue weighted by Gasteiger charge is 2.15. The standard InChI is InChI=1S/C12H16ClN3O4/c1-8-5-11(16(18)19)9(13)6-10(8)15-12(17)7-14-3-4-20-2/h5-6,14H,3-4,7H2,1-2H3,(H,15,17). The first-order chi connectivity index (χ1) is 9.45. The molecule has 0 aliphatic heterocycles. The molecule has 0 aliphatic rings. The molecule has 0 saturated heterocycles. The number of nitrogens with zero attached hydrogens (tertiary/aromatic N) is 1. The lowest BCUT2D eigenvalue weighted by Gasteiger charge is -2.09. The minimum absolute atomic E-state index is 0.0109. The molecule has 20 heavy (non-hydrogen) atoms. The number of anilines is 1. The molecule has 7 nitrogen and oxygen atoms in total. The molecule has 110 valence electrons. The van der Waals surface area contributed by atoms with E-state index in [0.29, 0.717) is 24.4 Å². The lowest BCUT2D eigenvalue weighted by Crippen LogP contribution is -2.30. The number of hydrogen-bond donors (Lipinski definition) is 2. The Balaban J connectivity index is 2.66. The van der Waals surface area contributed by atoms with E-state index < -0.39 is 4.92 Å². The molecule has 0 fully saturated rings. The molecule has 1 amide bonds. The van der Waals surface area contributed by atoms with Crippen LogP contribution in [0.15, 0.2) is 12.1 Å². The van der Waals surface area contributed by atoms with Crippen molar-refractivity contribution >= 4 is 28.9 Å². The van der Waals surface area contributed by atoms with E-state index in [1.165, 1.54) is 12.1 Å². The van der Waals surface area contributed by atoms with Crippen molar-refractivity contribution in [3.8, 4) is 0 Å².